The van der Waals surface area contributed by atoms with Gasteiger partial charge in [0.25, 0.3) is 0 Å². The number of benzene rings is 1. The molecule has 4 rings (SSSR count). The largest absolute Gasteiger partial charge is 0.460 e. The zero-order chi connectivity index (χ0) is 24.1. The van der Waals surface area contributed by atoms with Crippen molar-refractivity contribution in [2.45, 2.75) is 83.9 Å². The molecule has 1 saturated carbocycles. The van der Waals surface area contributed by atoms with E-state index in [9.17, 15) is 4.79 Å². The lowest BCUT2D eigenvalue weighted by molar-refractivity contribution is -0.155. The van der Waals surface area contributed by atoms with Crippen molar-refractivity contribution in [3.05, 3.63) is 48.2 Å². The molecule has 0 unspecified atom stereocenters. The Bertz CT molecular complexity index is 1010. The van der Waals surface area contributed by atoms with Gasteiger partial charge in [-0.25, -0.2) is 9.98 Å². The van der Waals surface area contributed by atoms with E-state index in [1.807, 2.05) is 57.2 Å². The minimum Gasteiger partial charge on any atom is -0.460 e. The molecular weight excluding hydrogens is 428 g/mol. The summed E-state index contributed by atoms with van der Waals surface area (Å²) in [5.74, 6) is 2.08. The summed E-state index contributed by atoms with van der Waals surface area (Å²) in [6.45, 7) is 6.32. The fraction of sp³-hybridized carbons (Fsp3) is 0.519. The number of fused-ring (bicyclic) bond motifs is 1. The highest BCUT2D eigenvalue weighted by molar-refractivity contribution is 5.84. The number of aromatic nitrogens is 1. The minimum absolute atomic E-state index is 0.136. The first-order valence-corrected chi connectivity index (χ1v) is 12.3. The molecule has 1 aliphatic carbocycles. The molecule has 1 aromatic heterocycles. The van der Waals surface area contributed by atoms with Gasteiger partial charge in [0, 0.05) is 30.6 Å². The molecule has 2 N–H and O–H groups in total. The monoisotopic (exact) mass is 464 g/mol. The van der Waals surface area contributed by atoms with Gasteiger partial charge < -0.3 is 20.1 Å². The number of rotatable bonds is 7. The lowest BCUT2D eigenvalue weighted by Crippen LogP contribution is -2.49. The molecular formula is C27H36N4O3. The Hall–Kier alpha value is -3.09. The van der Waals surface area contributed by atoms with Crippen molar-refractivity contribution in [2.24, 2.45) is 16.6 Å². The predicted molar refractivity (Wildman–Crippen MR) is 133 cm³/mol. The number of hydrogen-bond donors (Lipinski definition) is 1. The third-order valence-corrected chi connectivity index (χ3v) is 6.43. The molecule has 34 heavy (non-hydrogen) atoms. The molecule has 1 fully saturated rings. The van der Waals surface area contributed by atoms with E-state index in [2.05, 4.69) is 14.9 Å². The standard InChI is InChI=1S/C27H36N4O3/c1-27(2,3)34-25(32)15-14-23(19-10-6-4-7-11-19)31-18-20-16-24(29-17-22(20)30-26(31)28)33-21-12-8-5-9-13-21/h5,8-9,12-13,16-17,19,23H,4,6-7,10-11,14-15,18H2,1-3H3,(H2,28,30)/t23-/m0/s1. The van der Waals surface area contributed by atoms with E-state index >= 15 is 0 Å². The SMILES string of the molecule is CC(C)(C)OC(=O)CC[C@@H](C1CCCCC1)N1Cc2cc(Oc3ccccc3)ncc2N=C1N. The van der Waals surface area contributed by atoms with Crippen LogP contribution in [0.3, 0.4) is 0 Å². The Labute approximate surface area is 202 Å². The van der Waals surface area contributed by atoms with Gasteiger partial charge in [-0.1, -0.05) is 37.5 Å². The van der Waals surface area contributed by atoms with E-state index < -0.39 is 5.60 Å². The van der Waals surface area contributed by atoms with Crippen LogP contribution in [-0.2, 0) is 16.1 Å². The number of guanidine groups is 1. The van der Waals surface area contributed by atoms with Crippen molar-refractivity contribution in [3.8, 4) is 11.6 Å². The van der Waals surface area contributed by atoms with Crippen LogP contribution in [0.15, 0.2) is 47.6 Å². The maximum Gasteiger partial charge on any atom is 0.306 e. The Balaban J connectivity index is 1.52. The average Bonchev–Trinajstić information content (AvgIpc) is 2.80. The summed E-state index contributed by atoms with van der Waals surface area (Å²) in [5, 5.41) is 0. The quantitative estimate of drug-likeness (QED) is 0.528. The normalized spacial score (nSPS) is 17.5. The third kappa shape index (κ3) is 6.27. The molecule has 2 aliphatic rings. The van der Waals surface area contributed by atoms with Crippen molar-refractivity contribution in [1.82, 2.24) is 9.88 Å². The van der Waals surface area contributed by atoms with Gasteiger partial charge in [0.2, 0.25) is 5.88 Å². The molecule has 1 atom stereocenters. The third-order valence-electron chi connectivity index (χ3n) is 6.43. The fourth-order valence-corrected chi connectivity index (χ4v) is 4.92. The van der Waals surface area contributed by atoms with E-state index in [0.717, 1.165) is 29.8 Å². The lowest BCUT2D eigenvalue weighted by atomic mass is 9.81. The molecule has 2 aromatic rings. The number of nitrogens with zero attached hydrogens (tertiary/aromatic N) is 3. The number of hydrogen-bond acceptors (Lipinski definition) is 7. The molecule has 182 valence electrons. The Kier molecular flexibility index (Phi) is 7.39. The zero-order valence-electron chi connectivity index (χ0n) is 20.5. The van der Waals surface area contributed by atoms with Crippen LogP contribution in [-0.4, -0.2) is 33.5 Å². The van der Waals surface area contributed by atoms with Crippen LogP contribution in [0, 0.1) is 5.92 Å². The van der Waals surface area contributed by atoms with Crippen molar-refractivity contribution >= 4 is 17.6 Å². The van der Waals surface area contributed by atoms with Crippen molar-refractivity contribution in [3.63, 3.8) is 0 Å². The molecule has 0 saturated heterocycles. The van der Waals surface area contributed by atoms with Crippen LogP contribution < -0.4 is 10.5 Å². The lowest BCUT2D eigenvalue weighted by Gasteiger charge is -2.41. The molecule has 0 amide bonds. The van der Waals surface area contributed by atoms with Crippen LogP contribution in [0.25, 0.3) is 0 Å². The molecule has 2 heterocycles. The van der Waals surface area contributed by atoms with Gasteiger partial charge in [0.05, 0.1) is 11.9 Å². The Morgan fingerprint density at radius 2 is 1.91 bits per heavy atom. The highest BCUT2D eigenvalue weighted by Crippen LogP contribution is 2.36. The van der Waals surface area contributed by atoms with Crippen LogP contribution in [0.5, 0.6) is 11.6 Å². The van der Waals surface area contributed by atoms with E-state index in [1.54, 1.807) is 6.20 Å². The fourth-order valence-electron chi connectivity index (χ4n) is 4.92. The first kappa shape index (κ1) is 24.0. The number of esters is 1. The number of para-hydroxylation sites is 1. The molecule has 0 bridgehead atoms. The number of pyridine rings is 1. The first-order chi connectivity index (χ1) is 16.3. The molecule has 7 nitrogen and oxygen atoms in total. The highest BCUT2D eigenvalue weighted by atomic mass is 16.6. The first-order valence-electron chi connectivity index (χ1n) is 12.3. The van der Waals surface area contributed by atoms with Crippen LogP contribution in [0.2, 0.25) is 0 Å². The van der Waals surface area contributed by atoms with Crippen LogP contribution in [0.4, 0.5) is 5.69 Å². The van der Waals surface area contributed by atoms with E-state index in [4.69, 9.17) is 15.2 Å². The summed E-state index contributed by atoms with van der Waals surface area (Å²) in [6, 6.07) is 11.7. The number of aliphatic imine (C=N–C) groups is 1. The topological polar surface area (TPSA) is 90.0 Å². The summed E-state index contributed by atoms with van der Waals surface area (Å²) >= 11 is 0. The highest BCUT2D eigenvalue weighted by Gasteiger charge is 2.33. The van der Waals surface area contributed by atoms with Crippen LogP contribution in [0.1, 0.15) is 71.3 Å². The maximum atomic E-state index is 12.5. The van der Waals surface area contributed by atoms with Crippen molar-refractivity contribution in [1.29, 1.82) is 0 Å². The Morgan fingerprint density at radius 1 is 1.18 bits per heavy atom. The Morgan fingerprint density at radius 3 is 2.62 bits per heavy atom. The molecule has 1 aliphatic heterocycles. The van der Waals surface area contributed by atoms with Gasteiger partial charge in [-0.05, 0) is 58.1 Å². The molecule has 0 radical (unpaired) electrons. The minimum atomic E-state index is -0.482. The summed E-state index contributed by atoms with van der Waals surface area (Å²) in [7, 11) is 0. The number of nitrogens with two attached hydrogens (primary N) is 1. The second-order valence-corrected chi connectivity index (χ2v) is 10.3. The maximum absolute atomic E-state index is 12.5. The van der Waals surface area contributed by atoms with E-state index in [0.29, 0.717) is 37.1 Å². The van der Waals surface area contributed by atoms with Gasteiger partial charge in [-0.15, -0.1) is 0 Å². The van der Waals surface area contributed by atoms with Gasteiger partial charge in [0.1, 0.15) is 11.4 Å². The van der Waals surface area contributed by atoms with Gasteiger partial charge >= 0.3 is 5.97 Å². The zero-order valence-corrected chi connectivity index (χ0v) is 20.5. The summed E-state index contributed by atoms with van der Waals surface area (Å²) < 4.78 is 11.5. The number of ether oxygens (including phenoxy) is 2. The molecule has 7 heteroatoms. The second kappa shape index (κ2) is 10.5. The smallest absolute Gasteiger partial charge is 0.306 e. The summed E-state index contributed by atoms with van der Waals surface area (Å²) in [5.41, 5.74) is 7.78. The number of carbonyl (C=O) groups is 1. The number of carbonyl (C=O) groups excluding carboxylic acids is 1. The van der Waals surface area contributed by atoms with Gasteiger partial charge in [-0.3, -0.25) is 4.79 Å². The van der Waals surface area contributed by atoms with E-state index in [1.165, 1.54) is 19.3 Å². The van der Waals surface area contributed by atoms with Crippen LogP contribution >= 0.6 is 0 Å². The summed E-state index contributed by atoms with van der Waals surface area (Å²) in [6.07, 6.45) is 8.78. The average molecular weight is 465 g/mol. The molecule has 0 spiro atoms. The second-order valence-electron chi connectivity index (χ2n) is 10.3. The van der Waals surface area contributed by atoms with Crippen molar-refractivity contribution in [2.75, 3.05) is 0 Å². The molecule has 1 aromatic carbocycles. The van der Waals surface area contributed by atoms with Crippen molar-refractivity contribution < 1.29 is 14.3 Å². The predicted octanol–water partition coefficient (Wildman–Crippen LogP) is 5.71. The van der Waals surface area contributed by atoms with E-state index in [-0.39, 0.29) is 12.0 Å². The summed E-state index contributed by atoms with van der Waals surface area (Å²) in [4.78, 5) is 23.7. The van der Waals surface area contributed by atoms with Gasteiger partial charge in [-0.2, -0.15) is 0 Å². The van der Waals surface area contributed by atoms with Gasteiger partial charge in [0.15, 0.2) is 5.96 Å².